The van der Waals surface area contributed by atoms with Crippen LogP contribution in [0.3, 0.4) is 0 Å². The highest BCUT2D eigenvalue weighted by atomic mass is 16.6. The number of aryl methyl sites for hydroxylation is 2. The Morgan fingerprint density at radius 1 is 1.36 bits per heavy atom. The molecule has 114 valence electrons. The molecule has 5 heteroatoms. The van der Waals surface area contributed by atoms with E-state index in [9.17, 15) is 4.79 Å². The zero-order chi connectivity index (χ0) is 15.4. The van der Waals surface area contributed by atoms with Crippen LogP contribution in [0.2, 0.25) is 0 Å². The molecule has 2 aromatic heterocycles. The van der Waals surface area contributed by atoms with Gasteiger partial charge in [-0.1, -0.05) is 12.1 Å². The van der Waals surface area contributed by atoms with Crippen LogP contribution in [0.25, 0.3) is 0 Å². The van der Waals surface area contributed by atoms with Gasteiger partial charge in [-0.2, -0.15) is 0 Å². The van der Waals surface area contributed by atoms with Crippen molar-refractivity contribution in [2.24, 2.45) is 0 Å². The first kappa shape index (κ1) is 14.7. The van der Waals surface area contributed by atoms with Gasteiger partial charge in [-0.05, 0) is 49.9 Å². The van der Waals surface area contributed by atoms with Gasteiger partial charge >= 0.3 is 0 Å². The SMILES string of the molecule is Cc1cccc(CONC(=O)C2CCCc3cccnc32)n1. The van der Waals surface area contributed by atoms with Gasteiger partial charge in [-0.3, -0.25) is 19.6 Å². The highest BCUT2D eigenvalue weighted by Crippen LogP contribution is 2.29. The third-order valence-electron chi connectivity index (χ3n) is 3.85. The molecule has 1 aliphatic rings. The predicted molar refractivity (Wildman–Crippen MR) is 81.8 cm³/mol. The summed E-state index contributed by atoms with van der Waals surface area (Å²) in [6.07, 6.45) is 4.53. The van der Waals surface area contributed by atoms with Crippen LogP contribution >= 0.6 is 0 Å². The van der Waals surface area contributed by atoms with Crippen molar-refractivity contribution in [3.8, 4) is 0 Å². The third-order valence-corrected chi connectivity index (χ3v) is 3.85. The molecule has 0 aliphatic heterocycles. The number of carbonyl (C=O) groups excluding carboxylic acids is 1. The maximum Gasteiger partial charge on any atom is 0.252 e. The lowest BCUT2D eigenvalue weighted by Crippen LogP contribution is -2.32. The van der Waals surface area contributed by atoms with Crippen LogP contribution in [-0.2, 0) is 22.7 Å². The van der Waals surface area contributed by atoms with Crippen LogP contribution in [0.4, 0.5) is 0 Å². The second-order valence-electron chi connectivity index (χ2n) is 5.52. The Kier molecular flexibility index (Phi) is 4.44. The minimum Gasteiger partial charge on any atom is -0.272 e. The fraction of sp³-hybridized carbons (Fsp3) is 0.353. The second-order valence-corrected chi connectivity index (χ2v) is 5.52. The monoisotopic (exact) mass is 297 g/mol. The number of nitrogens with one attached hydrogen (secondary N) is 1. The normalized spacial score (nSPS) is 16.9. The quantitative estimate of drug-likeness (QED) is 0.880. The lowest BCUT2D eigenvalue weighted by molar-refractivity contribution is -0.136. The van der Waals surface area contributed by atoms with Crippen molar-refractivity contribution in [1.29, 1.82) is 0 Å². The van der Waals surface area contributed by atoms with Crippen molar-refractivity contribution < 1.29 is 9.63 Å². The van der Waals surface area contributed by atoms with E-state index in [4.69, 9.17) is 4.84 Å². The molecule has 22 heavy (non-hydrogen) atoms. The molecule has 3 rings (SSSR count). The number of hydrogen-bond donors (Lipinski definition) is 1. The minimum absolute atomic E-state index is 0.132. The van der Waals surface area contributed by atoms with Crippen molar-refractivity contribution in [2.75, 3.05) is 0 Å². The van der Waals surface area contributed by atoms with E-state index < -0.39 is 0 Å². The summed E-state index contributed by atoms with van der Waals surface area (Å²) in [4.78, 5) is 26.3. The minimum atomic E-state index is -0.226. The van der Waals surface area contributed by atoms with Gasteiger partial charge in [-0.15, -0.1) is 0 Å². The summed E-state index contributed by atoms with van der Waals surface area (Å²) in [6.45, 7) is 2.18. The van der Waals surface area contributed by atoms with E-state index in [1.165, 1.54) is 0 Å². The topological polar surface area (TPSA) is 64.1 Å². The molecule has 0 saturated heterocycles. The molecule has 5 nitrogen and oxygen atoms in total. The Hall–Kier alpha value is -2.27. The molecule has 0 fully saturated rings. The highest BCUT2D eigenvalue weighted by molar-refractivity contribution is 5.82. The van der Waals surface area contributed by atoms with E-state index in [0.29, 0.717) is 0 Å². The first-order valence-electron chi connectivity index (χ1n) is 7.52. The van der Waals surface area contributed by atoms with Crippen LogP contribution in [0.15, 0.2) is 36.5 Å². The van der Waals surface area contributed by atoms with Gasteiger partial charge in [0.15, 0.2) is 0 Å². The van der Waals surface area contributed by atoms with E-state index in [1.807, 2.05) is 37.3 Å². The molecule has 1 aliphatic carbocycles. The first-order valence-corrected chi connectivity index (χ1v) is 7.52. The lowest BCUT2D eigenvalue weighted by atomic mass is 9.86. The van der Waals surface area contributed by atoms with Gasteiger partial charge in [0.2, 0.25) is 0 Å². The average molecular weight is 297 g/mol. The lowest BCUT2D eigenvalue weighted by Gasteiger charge is -2.23. The molecule has 0 bridgehead atoms. The van der Waals surface area contributed by atoms with Gasteiger partial charge in [0.1, 0.15) is 6.61 Å². The molecule has 1 atom stereocenters. The number of fused-ring (bicyclic) bond motifs is 1. The van der Waals surface area contributed by atoms with Gasteiger partial charge in [0.25, 0.3) is 5.91 Å². The van der Waals surface area contributed by atoms with Crippen LogP contribution in [0, 0.1) is 6.92 Å². The molecule has 0 aromatic carbocycles. The molecule has 1 amide bonds. The predicted octanol–water partition coefficient (Wildman–Crippen LogP) is 2.45. The molecular weight excluding hydrogens is 278 g/mol. The Morgan fingerprint density at radius 2 is 2.27 bits per heavy atom. The Labute approximate surface area is 129 Å². The molecule has 1 unspecified atom stereocenters. The molecular formula is C17H19N3O2. The molecule has 1 N–H and O–H groups in total. The molecule has 2 aromatic rings. The van der Waals surface area contributed by atoms with E-state index in [2.05, 4.69) is 15.4 Å². The maximum atomic E-state index is 12.3. The van der Waals surface area contributed by atoms with Crippen molar-refractivity contribution >= 4 is 5.91 Å². The molecule has 0 spiro atoms. The Bertz CT molecular complexity index is 672. The highest BCUT2D eigenvalue weighted by Gasteiger charge is 2.27. The van der Waals surface area contributed by atoms with Gasteiger partial charge in [0, 0.05) is 11.9 Å². The summed E-state index contributed by atoms with van der Waals surface area (Å²) in [7, 11) is 0. The number of carbonyl (C=O) groups is 1. The summed E-state index contributed by atoms with van der Waals surface area (Å²) < 4.78 is 0. The summed E-state index contributed by atoms with van der Waals surface area (Å²) in [6, 6.07) is 9.67. The van der Waals surface area contributed by atoms with Crippen LogP contribution < -0.4 is 5.48 Å². The van der Waals surface area contributed by atoms with Gasteiger partial charge < -0.3 is 0 Å². The zero-order valence-electron chi connectivity index (χ0n) is 12.6. The summed E-state index contributed by atoms with van der Waals surface area (Å²) >= 11 is 0. The van der Waals surface area contributed by atoms with Crippen molar-refractivity contribution in [1.82, 2.24) is 15.4 Å². The largest absolute Gasteiger partial charge is 0.272 e. The fourth-order valence-corrected chi connectivity index (χ4v) is 2.80. The molecule has 0 saturated carbocycles. The number of nitrogens with zero attached hydrogens (tertiary/aromatic N) is 2. The van der Waals surface area contributed by atoms with E-state index in [1.54, 1.807) is 6.20 Å². The maximum absolute atomic E-state index is 12.3. The summed E-state index contributed by atoms with van der Waals surface area (Å²) in [5.41, 5.74) is 6.30. The standard InChI is InChI=1S/C17H19N3O2/c1-12-5-2-8-14(19-12)11-22-20-17(21)15-9-3-6-13-7-4-10-18-16(13)15/h2,4-5,7-8,10,15H,3,6,9,11H2,1H3,(H,20,21). The third kappa shape index (κ3) is 3.31. The van der Waals surface area contributed by atoms with Crippen molar-refractivity contribution in [3.63, 3.8) is 0 Å². The fourth-order valence-electron chi connectivity index (χ4n) is 2.80. The number of pyridine rings is 2. The zero-order valence-corrected chi connectivity index (χ0v) is 12.6. The second kappa shape index (κ2) is 6.66. The number of rotatable bonds is 4. The first-order chi connectivity index (χ1) is 10.7. The molecule has 2 heterocycles. The summed E-state index contributed by atoms with van der Waals surface area (Å²) in [5, 5.41) is 0. The van der Waals surface area contributed by atoms with E-state index in [-0.39, 0.29) is 18.4 Å². The number of hydrogen-bond acceptors (Lipinski definition) is 4. The van der Waals surface area contributed by atoms with Crippen molar-refractivity contribution in [2.45, 2.75) is 38.7 Å². The summed E-state index contributed by atoms with van der Waals surface area (Å²) in [5.74, 6) is -0.359. The van der Waals surface area contributed by atoms with Gasteiger partial charge in [0.05, 0.1) is 17.3 Å². The number of aromatic nitrogens is 2. The van der Waals surface area contributed by atoms with Gasteiger partial charge in [-0.25, -0.2) is 5.48 Å². The molecule has 0 radical (unpaired) electrons. The number of amides is 1. The van der Waals surface area contributed by atoms with E-state index in [0.717, 1.165) is 41.9 Å². The Balaban J connectivity index is 1.59. The number of hydroxylamine groups is 1. The Morgan fingerprint density at radius 3 is 3.14 bits per heavy atom. The van der Waals surface area contributed by atoms with Crippen LogP contribution in [0.1, 0.15) is 41.4 Å². The van der Waals surface area contributed by atoms with Crippen molar-refractivity contribution in [3.05, 3.63) is 59.2 Å². The van der Waals surface area contributed by atoms with E-state index >= 15 is 0 Å². The average Bonchev–Trinajstić information content (AvgIpc) is 2.54. The van der Waals surface area contributed by atoms with Crippen LogP contribution in [-0.4, -0.2) is 15.9 Å². The smallest absolute Gasteiger partial charge is 0.252 e. The van der Waals surface area contributed by atoms with Crippen LogP contribution in [0.5, 0.6) is 0 Å².